The molecule has 0 heterocycles. The van der Waals surface area contributed by atoms with E-state index >= 15 is 0 Å². The first kappa shape index (κ1) is 20.9. The largest absolute Gasteiger partial charge is 0.459 e. The van der Waals surface area contributed by atoms with Gasteiger partial charge < -0.3 is 10.1 Å². The summed E-state index contributed by atoms with van der Waals surface area (Å²) < 4.78 is 5.31. The van der Waals surface area contributed by atoms with Gasteiger partial charge in [-0.2, -0.15) is 0 Å². The summed E-state index contributed by atoms with van der Waals surface area (Å²) in [5.41, 5.74) is 0.0449. The van der Waals surface area contributed by atoms with Gasteiger partial charge in [0.25, 0.3) is 0 Å². The third-order valence-corrected chi connectivity index (χ3v) is 3.57. The molecule has 138 valence electrons. The third kappa shape index (κ3) is 9.08. The van der Waals surface area contributed by atoms with Gasteiger partial charge in [0.05, 0.1) is 0 Å². The van der Waals surface area contributed by atoms with Crippen molar-refractivity contribution in [2.24, 2.45) is 5.41 Å². The fraction of sp³-hybridized carbons (Fsp3) is 0.524. The highest BCUT2D eigenvalue weighted by Gasteiger charge is 2.30. The van der Waals surface area contributed by atoms with Crippen molar-refractivity contribution >= 4 is 11.9 Å². The molecule has 4 heteroatoms. The Labute approximate surface area is 151 Å². The second-order valence-corrected chi connectivity index (χ2v) is 7.90. The zero-order valence-electron chi connectivity index (χ0n) is 16.1. The van der Waals surface area contributed by atoms with Crippen LogP contribution >= 0.6 is 0 Å². The Morgan fingerprint density at radius 2 is 1.72 bits per heavy atom. The number of hydrogen-bond donors (Lipinski definition) is 1. The number of ether oxygens (including phenoxy) is 1. The number of benzene rings is 1. The molecule has 0 spiro atoms. The van der Waals surface area contributed by atoms with Crippen molar-refractivity contribution in [3.8, 4) is 0 Å². The molecule has 0 radical (unpaired) electrons. The fourth-order valence-electron chi connectivity index (χ4n) is 2.18. The second-order valence-electron chi connectivity index (χ2n) is 7.90. The van der Waals surface area contributed by atoms with Crippen molar-refractivity contribution in [1.29, 1.82) is 0 Å². The molecule has 0 saturated carbocycles. The number of unbranched alkanes of at least 4 members (excludes halogenated alkanes) is 1. The van der Waals surface area contributed by atoms with E-state index in [-0.39, 0.29) is 17.9 Å². The molecule has 1 aromatic rings. The highest BCUT2D eigenvalue weighted by Crippen LogP contribution is 2.15. The minimum absolute atomic E-state index is 0.134. The zero-order valence-corrected chi connectivity index (χ0v) is 16.1. The van der Waals surface area contributed by atoms with Crippen molar-refractivity contribution in [2.75, 3.05) is 0 Å². The fourth-order valence-corrected chi connectivity index (χ4v) is 2.18. The van der Waals surface area contributed by atoms with Crippen LogP contribution in [0.1, 0.15) is 59.4 Å². The molecule has 0 aliphatic carbocycles. The van der Waals surface area contributed by atoms with E-state index in [1.165, 1.54) is 0 Å². The number of esters is 1. The average Bonchev–Trinajstić information content (AvgIpc) is 2.51. The molecule has 0 fully saturated rings. The van der Waals surface area contributed by atoms with Crippen LogP contribution < -0.4 is 5.32 Å². The molecule has 0 unspecified atom stereocenters. The molecule has 1 aromatic carbocycles. The minimum Gasteiger partial charge on any atom is -0.459 e. The molecule has 0 atom stereocenters. The van der Waals surface area contributed by atoms with Gasteiger partial charge in [0.15, 0.2) is 0 Å². The molecule has 0 aliphatic heterocycles. The smallest absolute Gasteiger partial charge is 0.331 e. The molecular formula is C21H31NO3. The Kier molecular flexibility index (Phi) is 7.88. The summed E-state index contributed by atoms with van der Waals surface area (Å²) in [6.45, 7) is 9.95. The van der Waals surface area contributed by atoms with Crippen LogP contribution in [0.3, 0.4) is 0 Å². The lowest BCUT2D eigenvalue weighted by Crippen LogP contribution is -2.50. The molecule has 0 aliphatic rings. The van der Waals surface area contributed by atoms with Crippen LogP contribution in [0.15, 0.2) is 42.5 Å². The number of rotatable bonds is 8. The van der Waals surface area contributed by atoms with Crippen molar-refractivity contribution in [2.45, 2.75) is 66.0 Å². The second kappa shape index (κ2) is 9.40. The number of amides is 1. The van der Waals surface area contributed by atoms with Crippen molar-refractivity contribution < 1.29 is 14.3 Å². The molecule has 0 bridgehead atoms. The highest BCUT2D eigenvalue weighted by atomic mass is 16.5. The number of carbonyl (C=O) groups is 2. The summed E-state index contributed by atoms with van der Waals surface area (Å²) in [6, 6.07) is 9.48. The normalized spacial score (nSPS) is 12.2. The molecule has 1 amide bonds. The first-order valence-corrected chi connectivity index (χ1v) is 8.80. The van der Waals surface area contributed by atoms with Crippen LogP contribution in [0.5, 0.6) is 0 Å². The van der Waals surface area contributed by atoms with E-state index in [0.29, 0.717) is 6.42 Å². The molecule has 0 aromatic heterocycles. The Morgan fingerprint density at radius 1 is 1.08 bits per heavy atom. The van der Waals surface area contributed by atoms with Gasteiger partial charge in [0.2, 0.25) is 5.91 Å². The first-order valence-electron chi connectivity index (χ1n) is 8.80. The number of hydrogen-bond acceptors (Lipinski definition) is 3. The SMILES string of the molecule is CC(C)(C)/C=C\CCCC(=O)NC(C)(C)C(=O)OCc1ccccc1. The lowest BCUT2D eigenvalue weighted by Gasteiger charge is -2.24. The number of allylic oxidation sites excluding steroid dienone is 2. The Morgan fingerprint density at radius 3 is 2.32 bits per heavy atom. The molecular weight excluding hydrogens is 314 g/mol. The van der Waals surface area contributed by atoms with Crippen LogP contribution in [-0.2, 0) is 20.9 Å². The van der Waals surface area contributed by atoms with E-state index in [1.54, 1.807) is 13.8 Å². The number of carbonyl (C=O) groups excluding carboxylic acids is 2. The first-order chi connectivity index (χ1) is 11.6. The summed E-state index contributed by atoms with van der Waals surface area (Å²) in [7, 11) is 0. The summed E-state index contributed by atoms with van der Waals surface area (Å²) in [5.74, 6) is -0.567. The van der Waals surface area contributed by atoms with Gasteiger partial charge in [-0.25, -0.2) is 4.79 Å². The third-order valence-electron chi connectivity index (χ3n) is 3.57. The van der Waals surface area contributed by atoms with Crippen LogP contribution in [0.4, 0.5) is 0 Å². The predicted molar refractivity (Wildman–Crippen MR) is 101 cm³/mol. The Balaban J connectivity index is 2.36. The number of nitrogens with one attached hydrogen (secondary N) is 1. The van der Waals surface area contributed by atoms with Gasteiger partial charge in [-0.1, -0.05) is 63.3 Å². The van der Waals surface area contributed by atoms with E-state index < -0.39 is 11.5 Å². The highest BCUT2D eigenvalue weighted by molar-refractivity contribution is 5.87. The topological polar surface area (TPSA) is 55.4 Å². The van der Waals surface area contributed by atoms with Gasteiger partial charge in [-0.3, -0.25) is 4.79 Å². The standard InChI is InChI=1S/C21H31NO3/c1-20(2,3)15-11-7-10-14-18(23)22-21(4,5)19(24)25-16-17-12-8-6-9-13-17/h6,8-9,11-13,15H,7,10,14,16H2,1-5H3,(H,22,23)/b15-11-. The van der Waals surface area contributed by atoms with E-state index in [0.717, 1.165) is 18.4 Å². The van der Waals surface area contributed by atoms with Crippen LogP contribution in [-0.4, -0.2) is 17.4 Å². The van der Waals surface area contributed by atoms with E-state index in [1.807, 2.05) is 30.3 Å². The summed E-state index contributed by atoms with van der Waals surface area (Å²) >= 11 is 0. The quantitative estimate of drug-likeness (QED) is 0.432. The Bertz CT molecular complexity index is 583. The van der Waals surface area contributed by atoms with Crippen molar-refractivity contribution in [3.05, 3.63) is 48.0 Å². The average molecular weight is 345 g/mol. The lowest BCUT2D eigenvalue weighted by molar-refractivity contribution is -0.153. The molecule has 25 heavy (non-hydrogen) atoms. The van der Waals surface area contributed by atoms with Crippen molar-refractivity contribution in [1.82, 2.24) is 5.32 Å². The summed E-state index contributed by atoms with van der Waals surface area (Å²) in [5, 5.41) is 2.76. The maximum atomic E-state index is 12.2. The van der Waals surface area contributed by atoms with Crippen LogP contribution in [0.25, 0.3) is 0 Å². The summed E-state index contributed by atoms with van der Waals surface area (Å²) in [6.07, 6.45) is 6.25. The monoisotopic (exact) mass is 345 g/mol. The lowest BCUT2D eigenvalue weighted by atomic mass is 9.96. The molecule has 0 saturated heterocycles. The van der Waals surface area contributed by atoms with E-state index in [4.69, 9.17) is 4.74 Å². The summed E-state index contributed by atoms with van der Waals surface area (Å²) in [4.78, 5) is 24.3. The zero-order chi connectivity index (χ0) is 18.9. The molecule has 1 N–H and O–H groups in total. The predicted octanol–water partition coefficient (Wildman–Crippen LogP) is 4.40. The minimum atomic E-state index is -1.03. The van der Waals surface area contributed by atoms with Gasteiger partial charge in [0, 0.05) is 6.42 Å². The molecule has 4 nitrogen and oxygen atoms in total. The Hall–Kier alpha value is -2.10. The van der Waals surface area contributed by atoms with E-state index in [2.05, 4.69) is 38.2 Å². The maximum Gasteiger partial charge on any atom is 0.331 e. The van der Waals surface area contributed by atoms with Gasteiger partial charge >= 0.3 is 5.97 Å². The van der Waals surface area contributed by atoms with Crippen LogP contribution in [0, 0.1) is 5.41 Å². The molecule has 1 rings (SSSR count). The van der Waals surface area contributed by atoms with E-state index in [9.17, 15) is 9.59 Å². The van der Waals surface area contributed by atoms with Crippen molar-refractivity contribution in [3.63, 3.8) is 0 Å². The van der Waals surface area contributed by atoms with Gasteiger partial charge in [-0.15, -0.1) is 0 Å². The maximum absolute atomic E-state index is 12.2. The van der Waals surface area contributed by atoms with Gasteiger partial charge in [0.1, 0.15) is 12.1 Å². The van der Waals surface area contributed by atoms with Gasteiger partial charge in [-0.05, 0) is 37.7 Å². The van der Waals surface area contributed by atoms with Crippen LogP contribution in [0.2, 0.25) is 0 Å².